The Labute approximate surface area is 778 Å². The first kappa shape index (κ1) is 85.2. The van der Waals surface area contributed by atoms with Gasteiger partial charge in [0.25, 0.3) is 0 Å². The van der Waals surface area contributed by atoms with E-state index in [1.807, 2.05) is 54.6 Å². The van der Waals surface area contributed by atoms with Crippen LogP contribution in [0.5, 0.6) is 5.75 Å². The Bertz CT molecular complexity index is 7650. The maximum Gasteiger partial charge on any atom is 1.00 e. The first-order chi connectivity index (χ1) is 62.0. The number of fused-ring (bicyclic) bond motifs is 19. The van der Waals surface area contributed by atoms with Gasteiger partial charge in [-0.25, -0.2) is 34.9 Å². The molecule has 24 rings (SSSR count). The van der Waals surface area contributed by atoms with Crippen molar-refractivity contribution in [3.05, 3.63) is 442 Å². The molecule has 595 valence electrons. The second kappa shape index (κ2) is 36.7. The molecule has 0 saturated carbocycles. The first-order valence-electron chi connectivity index (χ1n) is 42.5. The quantitative estimate of drug-likeness (QED) is 0.0761. The third kappa shape index (κ3) is 16.4. The molecule has 0 bridgehead atoms. The summed E-state index contributed by atoms with van der Waals surface area (Å²) in [5, 5.41) is 27.6. The number of hydrogen-bond acceptors (Lipinski definition) is 7. The molecule has 0 aliphatic heterocycles. The predicted molar refractivity (Wildman–Crippen MR) is 528 cm³/mol. The van der Waals surface area contributed by atoms with E-state index >= 15 is 0 Å². The van der Waals surface area contributed by atoms with Crippen molar-refractivity contribution in [1.82, 2.24) is 29.9 Å². The molecule has 3 heterocycles. The van der Waals surface area contributed by atoms with Crippen molar-refractivity contribution in [1.29, 1.82) is 0 Å². The van der Waals surface area contributed by atoms with Crippen LogP contribution in [0.2, 0.25) is 0 Å². The van der Waals surface area contributed by atoms with E-state index in [0.29, 0.717) is 40.5 Å². The Morgan fingerprint density at radius 2 is 0.550 bits per heavy atom. The number of rotatable bonds is 10. The van der Waals surface area contributed by atoms with Crippen LogP contribution in [-0.4, -0.2) is 52.4 Å². The SMILES string of the molecule is CC1(C)c2cc(-c3nc(-c4ccccc4)nc(-c4ccccc4)n3)ccc2-c2cc3c4ccccc4c4ccccc4c3cc21.[B][B][B].[CH3-].[Li+].[Li+].[O-]c1cccc2ccc[nH+]c12.c1ccc(-c2cc(-c3ccccc3)cc(-c3nc(-c4cc(-c5ccccc5)cc(-c5ccccc5)c4)nc(-c4ccc5c(c4)Cc4cc6c7ccccc7c7ccccc7c6cc4-5)n3)c2)cc1. The smallest absolute Gasteiger partial charge is 0.868 e. The zero-order valence-corrected chi connectivity index (χ0v) is 72.3. The summed E-state index contributed by atoms with van der Waals surface area (Å²) < 4.78 is 0. The summed E-state index contributed by atoms with van der Waals surface area (Å²) in [6.07, 6.45) is 2.59. The number of nitrogens with one attached hydrogen (secondary N) is 1. The van der Waals surface area contributed by atoms with Gasteiger partial charge in [0.05, 0.1) is 0 Å². The molecule has 2 aliphatic carbocycles. The van der Waals surface area contributed by atoms with E-state index in [9.17, 15) is 5.11 Å². The molecule has 0 spiro atoms. The third-order valence-corrected chi connectivity index (χ3v) is 24.6. The van der Waals surface area contributed by atoms with Gasteiger partial charge in [-0.1, -0.05) is 329 Å². The number of pyridine rings is 1. The van der Waals surface area contributed by atoms with Gasteiger partial charge in [0.15, 0.2) is 41.1 Å². The van der Waals surface area contributed by atoms with E-state index in [1.165, 1.54) is 109 Å². The second-order valence-electron chi connectivity index (χ2n) is 32.6. The topological polar surface area (TPSA) is 115 Å². The van der Waals surface area contributed by atoms with Crippen molar-refractivity contribution in [3.8, 4) is 141 Å². The molecule has 22 aromatic rings. The number of para-hydroxylation sites is 1. The number of H-pyrrole nitrogens is 1. The molecule has 8 nitrogen and oxygen atoms in total. The van der Waals surface area contributed by atoms with Gasteiger partial charge in [-0.2, -0.15) is 0 Å². The normalized spacial score (nSPS) is 11.7. The zero-order valence-electron chi connectivity index (χ0n) is 72.3. The van der Waals surface area contributed by atoms with Crippen molar-refractivity contribution < 1.29 is 47.8 Å². The van der Waals surface area contributed by atoms with E-state index < -0.39 is 0 Å². The van der Waals surface area contributed by atoms with Crippen LogP contribution in [0.3, 0.4) is 0 Å². The third-order valence-electron chi connectivity index (χ3n) is 24.6. The number of benzene rings is 19. The Morgan fingerprint density at radius 3 is 0.946 bits per heavy atom. The number of hydrogen-bond donors (Lipinski definition) is 0. The minimum absolute atomic E-state index is 0. The molecule has 0 fully saturated rings. The fraction of sp³-hybridized carbons (Fsp3) is 0.0345. The van der Waals surface area contributed by atoms with Gasteiger partial charge < -0.3 is 12.5 Å². The summed E-state index contributed by atoms with van der Waals surface area (Å²) in [5.74, 6) is 3.95. The summed E-state index contributed by atoms with van der Waals surface area (Å²) in [5.41, 5.74) is 25.5. The van der Waals surface area contributed by atoms with Crippen LogP contribution in [-0.2, 0) is 11.8 Å². The van der Waals surface area contributed by atoms with Gasteiger partial charge in [0.1, 0.15) is 0 Å². The maximum absolute atomic E-state index is 11.1. The molecule has 129 heavy (non-hydrogen) atoms. The molecular weight excluding hydrogens is 1550 g/mol. The summed E-state index contributed by atoms with van der Waals surface area (Å²) in [6.45, 7) is 4.68. The molecule has 0 atom stereocenters. The fourth-order valence-electron chi connectivity index (χ4n) is 18.5. The monoisotopic (exact) mass is 1630 g/mol. The molecule has 3 aromatic heterocycles. The van der Waals surface area contributed by atoms with Crippen LogP contribution in [0, 0.1) is 7.43 Å². The molecular formula is C116H80B3Li2N7O+. The van der Waals surface area contributed by atoms with Crippen LogP contribution in [0.4, 0.5) is 0 Å². The summed E-state index contributed by atoms with van der Waals surface area (Å²) in [4.78, 5) is 34.0. The maximum atomic E-state index is 11.1. The fourth-order valence-corrected chi connectivity index (χ4v) is 18.5. The Balaban J connectivity index is 0.000000155. The first-order valence-corrected chi connectivity index (χ1v) is 42.5. The van der Waals surface area contributed by atoms with Crippen LogP contribution < -0.4 is 47.8 Å². The van der Waals surface area contributed by atoms with Gasteiger partial charge in [-0.3, -0.25) is 0 Å². The summed E-state index contributed by atoms with van der Waals surface area (Å²) >= 11 is 0. The van der Waals surface area contributed by atoms with Gasteiger partial charge in [0, 0.05) is 72.8 Å². The van der Waals surface area contributed by atoms with E-state index in [1.54, 1.807) is 18.3 Å². The van der Waals surface area contributed by atoms with E-state index in [2.05, 4.69) is 374 Å². The van der Waals surface area contributed by atoms with Crippen LogP contribution >= 0.6 is 0 Å². The van der Waals surface area contributed by atoms with Crippen molar-refractivity contribution >= 4 is 98.1 Å². The van der Waals surface area contributed by atoms with Gasteiger partial charge in [-0.15, -0.1) is 0 Å². The van der Waals surface area contributed by atoms with Crippen LogP contribution in [0.25, 0.3) is 211 Å². The molecule has 0 amide bonds. The zero-order chi connectivity index (χ0) is 84.8. The minimum Gasteiger partial charge on any atom is -0.868 e. The van der Waals surface area contributed by atoms with Crippen LogP contribution in [0.15, 0.2) is 413 Å². The average Bonchev–Trinajstić information content (AvgIpc) is 1.56. The molecule has 19 aromatic carbocycles. The van der Waals surface area contributed by atoms with Gasteiger partial charge >= 0.3 is 37.7 Å². The number of nitrogens with zero attached hydrogens (tertiary/aromatic N) is 6. The standard InChI is InChI=1S/C64H41N3.C42H29N3.C9H7NO.CH3.B3.2Li/c1-5-17-41(18-6-1)46-32-47(42-19-7-2-8-20-42)35-52(34-46)63-65-62(66-64(67-63)53-36-48(43-21-9-3-10-22-43)33-49(37-53)44-23-11-4-12-24-44)45-29-30-54-50(31-45)38-51-39-60-57-27-15-13-25-55(57)56-26-14-16-28-58(56)61(60)40-59(51)54;1-42(2)37-23-28(41-44-39(26-13-5-3-6-14-26)43-40(45-41)27-15-7-4-8-16-27)21-22-33(37)36-24-34-31-19-11-9-17-29(31)30-18-10-12-20-32(30)35(34)25-38(36)42;11-8-5-1-3-7-4-2-6-10-9(7)8;;1-3-2;;/h1-37,39-40H,38H2;3-25H,1-2H3;1-6,11H;1H3;;;/q;;;-1;;2*+1. The Hall–Kier alpha value is -14.6. The van der Waals surface area contributed by atoms with Crippen LogP contribution in [0.1, 0.15) is 36.1 Å². The summed E-state index contributed by atoms with van der Waals surface area (Å²) in [6, 6.07) is 143. The molecule has 2 aliphatic rings. The Morgan fingerprint density at radius 1 is 0.256 bits per heavy atom. The summed E-state index contributed by atoms with van der Waals surface area (Å²) in [7, 11) is 10.0. The molecule has 1 N–H and O–H groups in total. The second-order valence-corrected chi connectivity index (χ2v) is 32.6. The number of aromatic amines is 1. The van der Waals surface area contributed by atoms with Gasteiger partial charge in [0.2, 0.25) is 5.52 Å². The largest absolute Gasteiger partial charge is 1.00 e. The van der Waals surface area contributed by atoms with E-state index in [-0.39, 0.29) is 56.3 Å². The minimum atomic E-state index is -0.195. The molecule has 0 unspecified atom stereocenters. The van der Waals surface area contributed by atoms with Crippen molar-refractivity contribution in [2.45, 2.75) is 25.7 Å². The molecule has 5 radical (unpaired) electrons. The van der Waals surface area contributed by atoms with E-state index in [4.69, 9.17) is 29.9 Å². The van der Waals surface area contributed by atoms with E-state index in [0.717, 1.165) is 96.8 Å². The van der Waals surface area contributed by atoms with Crippen molar-refractivity contribution in [3.63, 3.8) is 0 Å². The van der Waals surface area contributed by atoms with Gasteiger partial charge in [-0.05, 0) is 251 Å². The predicted octanol–water partition coefficient (Wildman–Crippen LogP) is 21.3. The molecule has 0 saturated heterocycles. The molecule has 13 heteroatoms. The Kier molecular flexibility index (Phi) is 24.3. The van der Waals surface area contributed by atoms with Crippen molar-refractivity contribution in [2.24, 2.45) is 0 Å². The average molecular weight is 1630 g/mol. The van der Waals surface area contributed by atoms with Crippen molar-refractivity contribution in [2.75, 3.05) is 0 Å². The number of aromatic nitrogens is 7.